The number of Topliss-reactive ketones (excluding diaryl/α,β-unsaturated/α-hetero) is 1. The van der Waals surface area contributed by atoms with Crippen molar-refractivity contribution in [1.82, 2.24) is 5.32 Å². The average molecular weight is 272 g/mol. The fourth-order valence-electron chi connectivity index (χ4n) is 1.25. The molecule has 1 N–H and O–H groups in total. The molecule has 0 saturated heterocycles. The summed E-state index contributed by atoms with van der Waals surface area (Å²) in [6, 6.07) is -0.000350. The number of benzene rings is 1. The number of nitro benzene ring substituents is 1. The van der Waals surface area contributed by atoms with E-state index in [1.807, 2.05) is 0 Å². The van der Waals surface area contributed by atoms with Gasteiger partial charge in [0.2, 0.25) is 5.82 Å². The number of nitrogens with zero attached hydrogens (tertiary/aromatic N) is 1. The van der Waals surface area contributed by atoms with Crippen LogP contribution in [0.15, 0.2) is 12.1 Å². The molecule has 0 aliphatic carbocycles. The van der Waals surface area contributed by atoms with Gasteiger partial charge in [0.25, 0.3) is 5.91 Å². The number of hydrogen-bond donors (Lipinski definition) is 1. The molecule has 0 aromatic heterocycles. The van der Waals surface area contributed by atoms with Gasteiger partial charge in [-0.3, -0.25) is 19.7 Å². The lowest BCUT2D eigenvalue weighted by molar-refractivity contribution is -0.387. The molecule has 8 heteroatoms. The molecule has 1 rings (SSSR count). The Labute approximate surface area is 106 Å². The summed E-state index contributed by atoms with van der Waals surface area (Å²) in [4.78, 5) is 31.9. The van der Waals surface area contributed by atoms with E-state index in [-0.39, 0.29) is 5.78 Å². The molecule has 1 atom stereocenters. The molecule has 19 heavy (non-hydrogen) atoms. The normalized spacial score (nSPS) is 11.8. The second kappa shape index (κ2) is 5.51. The fraction of sp³-hybridized carbons (Fsp3) is 0.273. The molecule has 6 nitrogen and oxygen atoms in total. The number of halogens is 2. The van der Waals surface area contributed by atoms with E-state index in [1.54, 1.807) is 0 Å². The van der Waals surface area contributed by atoms with E-state index in [0.29, 0.717) is 12.1 Å². The molecule has 0 aliphatic rings. The highest BCUT2D eigenvalue weighted by molar-refractivity contribution is 5.98. The third kappa shape index (κ3) is 3.30. The van der Waals surface area contributed by atoms with Gasteiger partial charge in [-0.1, -0.05) is 0 Å². The Morgan fingerprint density at radius 2 is 1.95 bits per heavy atom. The number of carbonyl (C=O) groups excluding carboxylic acids is 2. The molecule has 0 spiro atoms. The van der Waals surface area contributed by atoms with Crippen molar-refractivity contribution in [3.05, 3.63) is 39.4 Å². The Balaban J connectivity index is 3.17. The van der Waals surface area contributed by atoms with Crippen LogP contribution in [-0.4, -0.2) is 22.7 Å². The number of nitro groups is 1. The maximum Gasteiger partial charge on any atom is 0.308 e. The summed E-state index contributed by atoms with van der Waals surface area (Å²) < 4.78 is 26.8. The molecular formula is C11H10F2N2O4. The third-order valence-corrected chi connectivity index (χ3v) is 2.42. The fourth-order valence-corrected chi connectivity index (χ4v) is 1.25. The zero-order valence-electron chi connectivity index (χ0n) is 10.1. The smallest absolute Gasteiger partial charge is 0.308 e. The first kappa shape index (κ1) is 14.7. The maximum absolute atomic E-state index is 13.7. The highest BCUT2D eigenvalue weighted by Gasteiger charge is 2.25. The minimum atomic E-state index is -1.44. The predicted molar refractivity (Wildman–Crippen MR) is 60.6 cm³/mol. The van der Waals surface area contributed by atoms with Gasteiger partial charge in [-0.25, -0.2) is 4.39 Å². The monoisotopic (exact) mass is 272 g/mol. The van der Waals surface area contributed by atoms with Crippen molar-refractivity contribution in [3.63, 3.8) is 0 Å². The SMILES string of the molecule is CC(=O)C(C)NC(=O)c1cc(F)cc([N+](=O)[O-])c1F. The molecule has 0 saturated carbocycles. The van der Waals surface area contributed by atoms with Crippen LogP contribution in [0.25, 0.3) is 0 Å². The lowest BCUT2D eigenvalue weighted by atomic mass is 10.1. The Morgan fingerprint density at radius 1 is 1.37 bits per heavy atom. The zero-order valence-corrected chi connectivity index (χ0v) is 10.1. The maximum atomic E-state index is 13.7. The molecule has 0 fully saturated rings. The molecule has 1 aromatic carbocycles. The summed E-state index contributed by atoms with van der Waals surface area (Å²) >= 11 is 0. The van der Waals surface area contributed by atoms with Gasteiger partial charge in [0, 0.05) is 0 Å². The first-order chi connectivity index (χ1) is 8.73. The van der Waals surface area contributed by atoms with Crippen molar-refractivity contribution in [1.29, 1.82) is 0 Å². The number of ketones is 1. The van der Waals surface area contributed by atoms with Crippen molar-refractivity contribution in [2.45, 2.75) is 19.9 Å². The highest BCUT2D eigenvalue weighted by atomic mass is 19.1. The number of hydrogen-bond acceptors (Lipinski definition) is 4. The molecule has 1 aromatic rings. The summed E-state index contributed by atoms with van der Waals surface area (Å²) in [6.45, 7) is 2.56. The second-order valence-electron chi connectivity index (χ2n) is 3.85. The molecule has 1 unspecified atom stereocenters. The summed E-state index contributed by atoms with van der Waals surface area (Å²) in [6.07, 6.45) is 0. The van der Waals surface area contributed by atoms with Crippen LogP contribution in [0.5, 0.6) is 0 Å². The van der Waals surface area contributed by atoms with Gasteiger partial charge in [-0.2, -0.15) is 4.39 Å². The Morgan fingerprint density at radius 3 is 2.42 bits per heavy atom. The number of amides is 1. The van der Waals surface area contributed by atoms with E-state index in [4.69, 9.17) is 0 Å². The Bertz CT molecular complexity index is 560. The van der Waals surface area contributed by atoms with Crippen LogP contribution in [0.2, 0.25) is 0 Å². The summed E-state index contributed by atoms with van der Waals surface area (Å²) in [5.74, 6) is -4.05. The molecule has 0 radical (unpaired) electrons. The van der Waals surface area contributed by atoms with Crippen LogP contribution in [0, 0.1) is 21.7 Å². The van der Waals surface area contributed by atoms with E-state index in [2.05, 4.69) is 5.32 Å². The third-order valence-electron chi connectivity index (χ3n) is 2.42. The van der Waals surface area contributed by atoms with Crippen LogP contribution in [0.3, 0.4) is 0 Å². The Kier molecular flexibility index (Phi) is 4.26. The highest BCUT2D eigenvalue weighted by Crippen LogP contribution is 2.22. The van der Waals surface area contributed by atoms with Crippen molar-refractivity contribution in [3.8, 4) is 0 Å². The minimum absolute atomic E-state index is 0.376. The largest absolute Gasteiger partial charge is 0.342 e. The minimum Gasteiger partial charge on any atom is -0.342 e. The standard InChI is InChI=1S/C11H10F2N2O4/c1-5(6(2)16)14-11(17)8-3-7(12)4-9(10(8)13)15(18)19/h3-5H,1-2H3,(H,14,17). The zero-order chi connectivity index (χ0) is 14.7. The first-order valence-corrected chi connectivity index (χ1v) is 5.18. The van der Waals surface area contributed by atoms with E-state index >= 15 is 0 Å². The summed E-state index contributed by atoms with van der Waals surface area (Å²) in [5, 5.41) is 12.6. The average Bonchev–Trinajstić information content (AvgIpc) is 2.30. The number of rotatable bonds is 4. The number of nitrogens with one attached hydrogen (secondary N) is 1. The molecule has 102 valence electrons. The molecule has 0 aliphatic heterocycles. The summed E-state index contributed by atoms with van der Waals surface area (Å²) in [7, 11) is 0. The van der Waals surface area contributed by atoms with Crippen molar-refractivity contribution >= 4 is 17.4 Å². The van der Waals surface area contributed by atoms with Crippen molar-refractivity contribution in [2.75, 3.05) is 0 Å². The molecule has 0 heterocycles. The van der Waals surface area contributed by atoms with E-state index in [9.17, 15) is 28.5 Å². The van der Waals surface area contributed by atoms with E-state index in [0.717, 1.165) is 0 Å². The van der Waals surface area contributed by atoms with Crippen LogP contribution in [-0.2, 0) is 4.79 Å². The number of carbonyl (C=O) groups is 2. The molecular weight excluding hydrogens is 262 g/mol. The lowest BCUT2D eigenvalue weighted by Crippen LogP contribution is -2.37. The van der Waals surface area contributed by atoms with Gasteiger partial charge < -0.3 is 5.32 Å². The van der Waals surface area contributed by atoms with Crippen molar-refractivity contribution in [2.24, 2.45) is 0 Å². The van der Waals surface area contributed by atoms with Crippen LogP contribution in [0.1, 0.15) is 24.2 Å². The van der Waals surface area contributed by atoms with E-state index < -0.39 is 39.8 Å². The second-order valence-corrected chi connectivity index (χ2v) is 3.85. The van der Waals surface area contributed by atoms with Gasteiger partial charge in [-0.05, 0) is 19.9 Å². The quantitative estimate of drug-likeness (QED) is 0.665. The molecule has 1 amide bonds. The molecule has 0 bridgehead atoms. The van der Waals surface area contributed by atoms with Crippen molar-refractivity contribution < 1.29 is 23.3 Å². The van der Waals surface area contributed by atoms with Crippen LogP contribution in [0.4, 0.5) is 14.5 Å². The lowest BCUT2D eigenvalue weighted by Gasteiger charge is -2.11. The van der Waals surface area contributed by atoms with Gasteiger partial charge in [0.05, 0.1) is 22.6 Å². The van der Waals surface area contributed by atoms with Crippen LogP contribution < -0.4 is 5.32 Å². The van der Waals surface area contributed by atoms with Crippen LogP contribution >= 0.6 is 0 Å². The Hall–Kier alpha value is -2.38. The summed E-state index contributed by atoms with van der Waals surface area (Å²) in [5.41, 5.74) is -1.96. The predicted octanol–water partition coefficient (Wildman–Crippen LogP) is 1.58. The van der Waals surface area contributed by atoms with E-state index in [1.165, 1.54) is 13.8 Å². The van der Waals surface area contributed by atoms with Gasteiger partial charge in [0.1, 0.15) is 5.82 Å². The van der Waals surface area contributed by atoms with Gasteiger partial charge in [0.15, 0.2) is 5.78 Å². The first-order valence-electron chi connectivity index (χ1n) is 5.18. The van der Waals surface area contributed by atoms with Gasteiger partial charge in [-0.15, -0.1) is 0 Å². The van der Waals surface area contributed by atoms with Gasteiger partial charge >= 0.3 is 5.69 Å². The topological polar surface area (TPSA) is 89.3 Å².